The van der Waals surface area contributed by atoms with Crippen LogP contribution in [-0.2, 0) is 21.2 Å². The molecule has 2 aromatic heterocycles. The van der Waals surface area contributed by atoms with Gasteiger partial charge < -0.3 is 10.1 Å². The van der Waals surface area contributed by atoms with Crippen LogP contribution in [0, 0.1) is 6.92 Å². The summed E-state index contributed by atoms with van der Waals surface area (Å²) >= 11 is 0. The number of carbonyl (C=O) groups is 1. The first-order valence-corrected chi connectivity index (χ1v) is 11.6. The maximum Gasteiger partial charge on any atom is 0.251 e. The Labute approximate surface area is 181 Å². The van der Waals surface area contributed by atoms with E-state index in [9.17, 15) is 13.2 Å². The highest BCUT2D eigenvalue weighted by Gasteiger charge is 2.26. The van der Waals surface area contributed by atoms with Crippen molar-refractivity contribution < 1.29 is 17.9 Å². The number of ether oxygens (including phenoxy) is 1. The molecular weight excluding hydrogens is 418 g/mol. The molecular formula is C21H25N5O4S. The van der Waals surface area contributed by atoms with Gasteiger partial charge in [-0.1, -0.05) is 0 Å². The number of hydrogen-bond acceptors (Lipinski definition) is 6. The fourth-order valence-electron chi connectivity index (χ4n) is 3.47. The van der Waals surface area contributed by atoms with Crippen molar-refractivity contribution in [3.05, 3.63) is 59.5 Å². The van der Waals surface area contributed by atoms with Gasteiger partial charge >= 0.3 is 0 Å². The van der Waals surface area contributed by atoms with Crippen molar-refractivity contribution in [1.29, 1.82) is 0 Å². The summed E-state index contributed by atoms with van der Waals surface area (Å²) in [6.45, 7) is 3.90. The zero-order valence-electron chi connectivity index (χ0n) is 17.3. The van der Waals surface area contributed by atoms with Crippen molar-refractivity contribution in [2.75, 3.05) is 32.8 Å². The number of sulfonamides is 1. The van der Waals surface area contributed by atoms with E-state index >= 15 is 0 Å². The van der Waals surface area contributed by atoms with Crippen LogP contribution < -0.4 is 5.32 Å². The van der Waals surface area contributed by atoms with Crippen LogP contribution in [0.1, 0.15) is 28.0 Å². The topological polar surface area (TPSA) is 106 Å². The molecule has 0 atom stereocenters. The van der Waals surface area contributed by atoms with Crippen LogP contribution in [0.5, 0.6) is 0 Å². The van der Waals surface area contributed by atoms with E-state index in [4.69, 9.17) is 4.74 Å². The first kappa shape index (κ1) is 21.4. The Morgan fingerprint density at radius 3 is 2.68 bits per heavy atom. The van der Waals surface area contributed by atoms with E-state index in [1.165, 1.54) is 16.4 Å². The molecule has 0 aliphatic carbocycles. The number of aromatic nitrogens is 3. The lowest BCUT2D eigenvalue weighted by Crippen LogP contribution is -2.40. The van der Waals surface area contributed by atoms with E-state index < -0.39 is 10.0 Å². The average molecular weight is 444 g/mol. The number of carbonyl (C=O) groups excluding carboxylic acids is 1. The molecule has 0 saturated carbocycles. The quantitative estimate of drug-likeness (QED) is 0.554. The minimum atomic E-state index is -3.56. The van der Waals surface area contributed by atoms with Gasteiger partial charge in [0.1, 0.15) is 0 Å². The van der Waals surface area contributed by atoms with Crippen LogP contribution >= 0.6 is 0 Å². The van der Waals surface area contributed by atoms with Crippen molar-refractivity contribution in [3.8, 4) is 0 Å². The van der Waals surface area contributed by atoms with Crippen molar-refractivity contribution in [2.45, 2.75) is 24.7 Å². The minimum absolute atomic E-state index is 0.183. The van der Waals surface area contributed by atoms with Crippen molar-refractivity contribution >= 4 is 21.6 Å². The van der Waals surface area contributed by atoms with Gasteiger partial charge in [0, 0.05) is 43.7 Å². The summed E-state index contributed by atoms with van der Waals surface area (Å²) < 4.78 is 33.7. The summed E-state index contributed by atoms with van der Waals surface area (Å²) in [5, 5.41) is 7.23. The second kappa shape index (κ2) is 9.13. The molecule has 1 aliphatic rings. The lowest BCUT2D eigenvalue weighted by atomic mass is 10.2. The Kier molecular flexibility index (Phi) is 6.30. The predicted octanol–water partition coefficient (Wildman–Crippen LogP) is 1.42. The third-order valence-corrected chi connectivity index (χ3v) is 7.05. The molecule has 1 amide bonds. The number of fused-ring (bicyclic) bond motifs is 1. The lowest BCUT2D eigenvalue weighted by molar-refractivity contribution is 0.0730. The average Bonchev–Trinajstić information content (AvgIpc) is 3.16. The van der Waals surface area contributed by atoms with Gasteiger partial charge in [0.15, 0.2) is 5.65 Å². The van der Waals surface area contributed by atoms with E-state index in [2.05, 4.69) is 15.4 Å². The Bertz CT molecular complexity index is 1170. The first-order valence-electron chi connectivity index (χ1n) is 10.2. The molecule has 3 heterocycles. The molecule has 164 valence electrons. The highest BCUT2D eigenvalue weighted by atomic mass is 32.2. The third-order valence-electron chi connectivity index (χ3n) is 5.14. The van der Waals surface area contributed by atoms with E-state index in [1.54, 1.807) is 16.6 Å². The summed E-state index contributed by atoms with van der Waals surface area (Å²) in [7, 11) is -3.56. The zero-order valence-corrected chi connectivity index (χ0v) is 18.1. The second-order valence-electron chi connectivity index (χ2n) is 7.45. The van der Waals surface area contributed by atoms with Crippen LogP contribution in [0.2, 0.25) is 0 Å². The number of rotatable bonds is 7. The summed E-state index contributed by atoms with van der Waals surface area (Å²) in [5.74, 6) is -0.230. The van der Waals surface area contributed by atoms with E-state index in [1.807, 2.05) is 25.4 Å². The van der Waals surface area contributed by atoms with Crippen molar-refractivity contribution in [1.82, 2.24) is 24.2 Å². The summed E-state index contributed by atoms with van der Waals surface area (Å²) in [4.78, 5) is 16.9. The van der Waals surface area contributed by atoms with Gasteiger partial charge in [-0.15, -0.1) is 0 Å². The fraction of sp³-hybridized carbons (Fsp3) is 0.381. The highest BCUT2D eigenvalue weighted by molar-refractivity contribution is 7.89. The van der Waals surface area contributed by atoms with Crippen molar-refractivity contribution in [3.63, 3.8) is 0 Å². The number of morpholine rings is 1. The fourth-order valence-corrected chi connectivity index (χ4v) is 4.88. The zero-order chi connectivity index (χ0) is 21.8. The van der Waals surface area contributed by atoms with Gasteiger partial charge in [-0.05, 0) is 49.6 Å². The molecule has 0 radical (unpaired) electrons. The number of hydrogen-bond donors (Lipinski definition) is 1. The standard InChI is InChI=1S/C21H25N5O4S/c1-16-13-20-23-14-17(15-26(20)24-16)3-2-8-22-21(27)18-4-6-19(7-5-18)31(28,29)25-9-11-30-12-10-25/h4-7,13-15H,2-3,8-12H2,1H3,(H,22,27). The monoisotopic (exact) mass is 443 g/mol. The van der Waals surface area contributed by atoms with E-state index in [0.717, 1.165) is 29.7 Å². The number of amides is 1. The Balaban J connectivity index is 1.29. The summed E-state index contributed by atoms with van der Waals surface area (Å²) in [5.41, 5.74) is 3.20. The van der Waals surface area contributed by atoms with Gasteiger partial charge in [0.2, 0.25) is 10.0 Å². The second-order valence-corrected chi connectivity index (χ2v) is 9.39. The first-order chi connectivity index (χ1) is 14.9. The number of benzene rings is 1. The van der Waals surface area contributed by atoms with Crippen LogP contribution in [0.15, 0.2) is 47.6 Å². The number of nitrogens with zero attached hydrogens (tertiary/aromatic N) is 4. The molecule has 31 heavy (non-hydrogen) atoms. The van der Waals surface area contributed by atoms with Crippen LogP contribution in [0.4, 0.5) is 0 Å². The summed E-state index contributed by atoms with van der Waals surface area (Å²) in [6, 6.07) is 7.96. The molecule has 0 bridgehead atoms. The molecule has 1 fully saturated rings. The molecule has 1 N–H and O–H groups in total. The largest absolute Gasteiger partial charge is 0.379 e. The maximum atomic E-state index is 12.7. The minimum Gasteiger partial charge on any atom is -0.379 e. The summed E-state index contributed by atoms with van der Waals surface area (Å²) in [6.07, 6.45) is 5.29. The molecule has 1 aliphatic heterocycles. The SMILES string of the molecule is Cc1cc2ncc(CCCNC(=O)c3ccc(S(=O)(=O)N4CCOCC4)cc3)cn2n1. The third kappa shape index (κ3) is 4.92. The van der Waals surface area contributed by atoms with E-state index in [0.29, 0.717) is 38.4 Å². The molecule has 1 saturated heterocycles. The van der Waals surface area contributed by atoms with Crippen molar-refractivity contribution in [2.24, 2.45) is 0 Å². The Morgan fingerprint density at radius 1 is 1.19 bits per heavy atom. The molecule has 4 rings (SSSR count). The molecule has 9 nitrogen and oxygen atoms in total. The van der Waals surface area contributed by atoms with Crippen LogP contribution in [0.25, 0.3) is 5.65 Å². The van der Waals surface area contributed by atoms with Gasteiger partial charge in [-0.3, -0.25) is 4.79 Å². The number of nitrogens with one attached hydrogen (secondary N) is 1. The predicted molar refractivity (Wildman–Crippen MR) is 114 cm³/mol. The Morgan fingerprint density at radius 2 is 1.94 bits per heavy atom. The van der Waals surface area contributed by atoms with Gasteiger partial charge in [-0.2, -0.15) is 9.40 Å². The number of aryl methyl sites for hydroxylation is 2. The maximum absolute atomic E-state index is 12.7. The van der Waals surface area contributed by atoms with Gasteiger partial charge in [0.05, 0.1) is 23.8 Å². The Hall–Kier alpha value is -2.82. The van der Waals surface area contributed by atoms with E-state index in [-0.39, 0.29) is 10.8 Å². The van der Waals surface area contributed by atoms with Crippen LogP contribution in [-0.4, -0.2) is 66.1 Å². The highest BCUT2D eigenvalue weighted by Crippen LogP contribution is 2.17. The normalized spacial score (nSPS) is 15.3. The van der Waals surface area contributed by atoms with Crippen LogP contribution in [0.3, 0.4) is 0 Å². The molecule has 0 unspecified atom stereocenters. The molecule has 0 spiro atoms. The van der Waals surface area contributed by atoms with Gasteiger partial charge in [0.25, 0.3) is 5.91 Å². The van der Waals surface area contributed by atoms with Gasteiger partial charge in [-0.25, -0.2) is 17.9 Å². The lowest BCUT2D eigenvalue weighted by Gasteiger charge is -2.26. The molecule has 3 aromatic rings. The smallest absolute Gasteiger partial charge is 0.251 e. The molecule has 1 aromatic carbocycles. The molecule has 10 heteroatoms.